The molecule has 0 unspecified atom stereocenters. The normalized spacial score (nSPS) is 23.7. The second-order valence-electron chi connectivity index (χ2n) is 5.09. The van der Waals surface area contributed by atoms with Gasteiger partial charge in [-0.1, -0.05) is 0 Å². The van der Waals surface area contributed by atoms with E-state index in [1.54, 1.807) is 18.4 Å². The summed E-state index contributed by atoms with van der Waals surface area (Å²) in [5.74, 6) is 0.755. The Labute approximate surface area is 114 Å². The second-order valence-corrected chi connectivity index (χ2v) is 5.09. The lowest BCUT2D eigenvalue weighted by atomic mass is 9.90. The van der Waals surface area contributed by atoms with Crippen LogP contribution in [0.2, 0.25) is 0 Å². The zero-order chi connectivity index (χ0) is 13.7. The summed E-state index contributed by atoms with van der Waals surface area (Å²) in [6.07, 6.45) is 9.33. The lowest BCUT2D eigenvalue weighted by Gasteiger charge is -2.34. The van der Waals surface area contributed by atoms with Crippen molar-refractivity contribution in [2.24, 2.45) is 0 Å². The predicted molar refractivity (Wildman–Crippen MR) is 75.6 cm³/mol. The molecular formula is C15H22N2O2. The quantitative estimate of drug-likeness (QED) is 0.847. The molecule has 2 rings (SSSR count). The third-order valence-electron chi connectivity index (χ3n) is 3.93. The van der Waals surface area contributed by atoms with Gasteiger partial charge in [0.15, 0.2) is 0 Å². The summed E-state index contributed by atoms with van der Waals surface area (Å²) in [5, 5.41) is 3.31. The van der Waals surface area contributed by atoms with Gasteiger partial charge in [-0.15, -0.1) is 0 Å². The molecule has 1 aliphatic carbocycles. The number of carbonyl (C=O) groups excluding carboxylic acids is 1. The van der Waals surface area contributed by atoms with Crippen molar-refractivity contribution in [2.45, 2.75) is 37.8 Å². The number of nitrogens with zero attached hydrogens (tertiary/aromatic N) is 1. The number of likely N-dealkylation sites (N-methyl/N-ethyl adjacent to an activating group) is 1. The maximum Gasteiger partial charge on any atom is 0.246 e. The third kappa shape index (κ3) is 3.70. The van der Waals surface area contributed by atoms with Crippen LogP contribution in [0.15, 0.2) is 28.9 Å². The number of furan rings is 1. The first-order valence-electron chi connectivity index (χ1n) is 6.86. The minimum absolute atomic E-state index is 0.0457. The zero-order valence-corrected chi connectivity index (χ0v) is 11.6. The minimum Gasteiger partial charge on any atom is -0.465 e. The highest BCUT2D eigenvalue weighted by Gasteiger charge is 2.24. The molecule has 0 aromatic carbocycles. The minimum atomic E-state index is 0.0457. The summed E-state index contributed by atoms with van der Waals surface area (Å²) < 4.78 is 5.17. The van der Waals surface area contributed by atoms with Gasteiger partial charge in [-0.2, -0.15) is 0 Å². The van der Waals surface area contributed by atoms with Gasteiger partial charge in [0.1, 0.15) is 5.76 Å². The number of hydrogen-bond donors (Lipinski definition) is 1. The molecule has 0 atom stereocenters. The van der Waals surface area contributed by atoms with Crippen LogP contribution in [0.1, 0.15) is 31.4 Å². The van der Waals surface area contributed by atoms with Crippen LogP contribution in [0.5, 0.6) is 0 Å². The van der Waals surface area contributed by atoms with Gasteiger partial charge in [0.2, 0.25) is 5.91 Å². The summed E-state index contributed by atoms with van der Waals surface area (Å²) >= 11 is 0. The first kappa shape index (κ1) is 13.9. The Bertz CT molecular complexity index is 417. The molecular weight excluding hydrogens is 240 g/mol. The Kier molecular flexibility index (Phi) is 4.80. The molecule has 0 radical (unpaired) electrons. The van der Waals surface area contributed by atoms with Crippen LogP contribution in [-0.4, -0.2) is 37.0 Å². The summed E-state index contributed by atoms with van der Waals surface area (Å²) in [7, 11) is 3.89. The van der Waals surface area contributed by atoms with Gasteiger partial charge in [0.25, 0.3) is 0 Å². The fourth-order valence-electron chi connectivity index (χ4n) is 2.59. The molecule has 1 heterocycles. The first-order chi connectivity index (χ1) is 9.20. The van der Waals surface area contributed by atoms with Gasteiger partial charge in [0, 0.05) is 25.2 Å². The number of carbonyl (C=O) groups is 1. The van der Waals surface area contributed by atoms with E-state index >= 15 is 0 Å². The van der Waals surface area contributed by atoms with Gasteiger partial charge in [-0.05, 0) is 50.9 Å². The Balaban J connectivity index is 1.86. The topological polar surface area (TPSA) is 45.5 Å². The lowest BCUT2D eigenvalue weighted by molar-refractivity contribution is -0.127. The molecule has 0 aliphatic heterocycles. The summed E-state index contributed by atoms with van der Waals surface area (Å²) in [6.45, 7) is 0. The standard InChI is InChI=1S/C15H22N2O2/c1-16-12-5-7-13(8-6-12)17(2)15(18)10-9-14-4-3-11-19-14/h3-4,9-13,16H,5-8H2,1-2H3. The molecule has 1 saturated carbocycles. The molecule has 4 nitrogen and oxygen atoms in total. The maximum atomic E-state index is 12.1. The van der Waals surface area contributed by atoms with E-state index in [1.165, 1.54) is 0 Å². The molecule has 1 aromatic heterocycles. The molecule has 1 amide bonds. The van der Waals surface area contributed by atoms with Gasteiger partial charge in [-0.25, -0.2) is 0 Å². The van der Waals surface area contributed by atoms with Crippen molar-refractivity contribution in [1.29, 1.82) is 0 Å². The molecule has 1 N–H and O–H groups in total. The smallest absolute Gasteiger partial charge is 0.246 e. The third-order valence-corrected chi connectivity index (χ3v) is 3.93. The number of hydrogen-bond acceptors (Lipinski definition) is 3. The molecule has 0 saturated heterocycles. The summed E-state index contributed by atoms with van der Waals surface area (Å²) in [5.41, 5.74) is 0. The van der Waals surface area contributed by atoms with Crippen molar-refractivity contribution >= 4 is 12.0 Å². The SMILES string of the molecule is CNC1CCC(N(C)C(=O)C=Cc2ccco2)CC1. The van der Waals surface area contributed by atoms with E-state index in [4.69, 9.17) is 4.42 Å². The summed E-state index contributed by atoms with van der Waals surface area (Å²) in [6, 6.07) is 4.62. The average molecular weight is 262 g/mol. The van der Waals surface area contributed by atoms with E-state index in [9.17, 15) is 4.79 Å². The van der Waals surface area contributed by atoms with Crippen LogP contribution in [0.25, 0.3) is 6.08 Å². The Morgan fingerprint density at radius 2 is 2.16 bits per heavy atom. The molecule has 4 heteroatoms. The molecule has 0 bridgehead atoms. The highest BCUT2D eigenvalue weighted by molar-refractivity contribution is 5.91. The lowest BCUT2D eigenvalue weighted by Crippen LogP contribution is -2.41. The second kappa shape index (κ2) is 6.57. The van der Waals surface area contributed by atoms with E-state index in [1.807, 2.05) is 31.1 Å². The molecule has 1 aromatic rings. The van der Waals surface area contributed by atoms with Crippen molar-refractivity contribution in [3.63, 3.8) is 0 Å². The first-order valence-corrected chi connectivity index (χ1v) is 6.86. The van der Waals surface area contributed by atoms with E-state index in [0.29, 0.717) is 17.8 Å². The summed E-state index contributed by atoms with van der Waals surface area (Å²) in [4.78, 5) is 13.9. The fraction of sp³-hybridized carbons (Fsp3) is 0.533. The average Bonchev–Trinajstić information content (AvgIpc) is 2.97. The van der Waals surface area contributed by atoms with Gasteiger partial charge in [0.05, 0.1) is 6.26 Å². The predicted octanol–water partition coefficient (Wildman–Crippen LogP) is 2.28. The van der Waals surface area contributed by atoms with Crippen LogP contribution in [0.3, 0.4) is 0 Å². The Hall–Kier alpha value is -1.55. The van der Waals surface area contributed by atoms with Crippen LogP contribution >= 0.6 is 0 Å². The van der Waals surface area contributed by atoms with Crippen molar-refractivity contribution in [2.75, 3.05) is 14.1 Å². The van der Waals surface area contributed by atoms with Gasteiger partial charge in [-0.3, -0.25) is 4.79 Å². The zero-order valence-electron chi connectivity index (χ0n) is 11.6. The Morgan fingerprint density at radius 3 is 2.74 bits per heavy atom. The van der Waals surface area contributed by atoms with Crippen LogP contribution in [0.4, 0.5) is 0 Å². The van der Waals surface area contributed by atoms with Gasteiger partial charge < -0.3 is 14.6 Å². The van der Waals surface area contributed by atoms with E-state index < -0.39 is 0 Å². The van der Waals surface area contributed by atoms with Crippen molar-refractivity contribution < 1.29 is 9.21 Å². The number of amides is 1. The number of rotatable bonds is 4. The highest BCUT2D eigenvalue weighted by atomic mass is 16.3. The van der Waals surface area contributed by atoms with Crippen LogP contribution in [-0.2, 0) is 4.79 Å². The largest absolute Gasteiger partial charge is 0.465 e. The highest BCUT2D eigenvalue weighted by Crippen LogP contribution is 2.22. The maximum absolute atomic E-state index is 12.1. The molecule has 1 aliphatic rings. The molecule has 104 valence electrons. The van der Waals surface area contributed by atoms with Crippen molar-refractivity contribution in [1.82, 2.24) is 10.2 Å². The van der Waals surface area contributed by atoms with Crippen LogP contribution < -0.4 is 5.32 Å². The molecule has 1 fully saturated rings. The van der Waals surface area contributed by atoms with Crippen LogP contribution in [0, 0.1) is 0 Å². The number of nitrogens with one attached hydrogen (secondary N) is 1. The Morgan fingerprint density at radius 1 is 1.42 bits per heavy atom. The van der Waals surface area contributed by atoms with E-state index in [0.717, 1.165) is 25.7 Å². The monoisotopic (exact) mass is 262 g/mol. The van der Waals surface area contributed by atoms with Gasteiger partial charge >= 0.3 is 0 Å². The van der Waals surface area contributed by atoms with Crippen molar-refractivity contribution in [3.05, 3.63) is 30.2 Å². The fourth-order valence-corrected chi connectivity index (χ4v) is 2.59. The molecule has 19 heavy (non-hydrogen) atoms. The van der Waals surface area contributed by atoms with E-state index in [2.05, 4.69) is 5.32 Å². The molecule has 0 spiro atoms. The van der Waals surface area contributed by atoms with E-state index in [-0.39, 0.29) is 5.91 Å². The van der Waals surface area contributed by atoms with Crippen molar-refractivity contribution in [3.8, 4) is 0 Å².